The maximum absolute atomic E-state index is 13.3. The van der Waals surface area contributed by atoms with Gasteiger partial charge in [0.2, 0.25) is 6.79 Å². The van der Waals surface area contributed by atoms with E-state index in [-0.39, 0.29) is 24.1 Å². The number of benzene rings is 2. The van der Waals surface area contributed by atoms with Crippen molar-refractivity contribution in [3.63, 3.8) is 0 Å². The van der Waals surface area contributed by atoms with Crippen LogP contribution >= 0.6 is 0 Å². The first-order valence-corrected chi connectivity index (χ1v) is 13.1. The number of hydrogen-bond acceptors (Lipinski definition) is 5. The van der Waals surface area contributed by atoms with Crippen LogP contribution in [0.25, 0.3) is 21.7 Å². The van der Waals surface area contributed by atoms with Gasteiger partial charge in [-0.05, 0) is 48.0 Å². The second-order valence-electron chi connectivity index (χ2n) is 9.27. The number of rotatable bonds is 5. The van der Waals surface area contributed by atoms with E-state index in [9.17, 15) is 4.79 Å². The lowest BCUT2D eigenvalue weighted by Crippen LogP contribution is -2.40. The third-order valence-electron chi connectivity index (χ3n) is 6.30. The molecule has 0 aliphatic carbocycles. The van der Waals surface area contributed by atoms with Gasteiger partial charge in [0.1, 0.15) is 6.73 Å². The average molecular weight is 428 g/mol. The molecule has 2 heterocycles. The van der Waals surface area contributed by atoms with E-state index >= 15 is 0 Å². The van der Waals surface area contributed by atoms with Crippen LogP contribution in [-0.2, 0) is 22.5 Å². The highest BCUT2D eigenvalue weighted by molar-refractivity contribution is 6.74. The van der Waals surface area contributed by atoms with Crippen LogP contribution in [0.5, 0.6) is 11.5 Å². The summed E-state index contributed by atoms with van der Waals surface area (Å²) in [7, 11) is -0.285. The fourth-order valence-electron chi connectivity index (χ4n) is 3.52. The fourth-order valence-corrected chi connectivity index (χ4v) is 4.48. The summed E-state index contributed by atoms with van der Waals surface area (Å²) in [6.45, 7) is 12.0. The van der Waals surface area contributed by atoms with Crippen LogP contribution in [-0.4, -0.2) is 26.8 Å². The van der Waals surface area contributed by atoms with Gasteiger partial charge < -0.3 is 18.6 Å². The van der Waals surface area contributed by atoms with E-state index in [0.29, 0.717) is 23.5 Å². The molecule has 0 N–H and O–H groups in total. The molecule has 0 unspecified atom stereocenters. The maximum atomic E-state index is 13.3. The molecule has 1 aliphatic heterocycles. The third-order valence-corrected chi connectivity index (χ3v) is 10.8. The van der Waals surface area contributed by atoms with Crippen LogP contribution in [0.2, 0.25) is 18.1 Å². The maximum Gasteiger partial charge on any atom is 0.264 e. The predicted molar refractivity (Wildman–Crippen MR) is 121 cm³/mol. The molecule has 0 atom stereocenters. The zero-order valence-corrected chi connectivity index (χ0v) is 19.5. The van der Waals surface area contributed by atoms with Crippen molar-refractivity contribution in [1.82, 2.24) is 4.57 Å². The fraction of sp³-hybridized carbons (Fsp3) is 0.435. The topological polar surface area (TPSA) is 58.9 Å². The Labute approximate surface area is 177 Å². The van der Waals surface area contributed by atoms with E-state index in [4.69, 9.17) is 18.6 Å². The molecule has 0 radical (unpaired) electrons. The SMILES string of the molecule is COCn1c(=O)c2c3c(ccc2c2cc(CO[Si](C)(C)C(C)(C)C)ccc21)OCO3. The molecule has 1 aromatic heterocycles. The molecule has 7 heteroatoms. The van der Waals surface area contributed by atoms with Gasteiger partial charge in [-0.3, -0.25) is 9.36 Å². The Morgan fingerprint density at radius 3 is 2.57 bits per heavy atom. The first-order valence-electron chi connectivity index (χ1n) is 10.1. The van der Waals surface area contributed by atoms with Gasteiger partial charge >= 0.3 is 0 Å². The van der Waals surface area contributed by atoms with E-state index in [0.717, 1.165) is 21.9 Å². The first-order chi connectivity index (χ1) is 14.1. The quantitative estimate of drug-likeness (QED) is 0.423. The summed E-state index contributed by atoms with van der Waals surface area (Å²) in [5.41, 5.74) is 1.75. The van der Waals surface area contributed by atoms with Crippen LogP contribution in [0.4, 0.5) is 0 Å². The largest absolute Gasteiger partial charge is 0.454 e. The van der Waals surface area contributed by atoms with E-state index in [1.54, 1.807) is 11.7 Å². The lowest BCUT2D eigenvalue weighted by atomic mass is 10.0. The molecule has 0 bridgehead atoms. The normalized spacial score (nSPS) is 14.1. The molecular weight excluding hydrogens is 398 g/mol. The summed E-state index contributed by atoms with van der Waals surface area (Å²) < 4.78 is 24.5. The minimum absolute atomic E-state index is 0.122. The number of methoxy groups -OCH3 is 1. The van der Waals surface area contributed by atoms with E-state index in [1.165, 1.54) is 0 Å². The highest BCUT2D eigenvalue weighted by atomic mass is 28.4. The van der Waals surface area contributed by atoms with Crippen LogP contribution in [0.1, 0.15) is 26.3 Å². The molecule has 2 aromatic carbocycles. The standard InChI is InChI=1S/C23H29NO5Si/c1-23(2,3)30(5,6)29-12-15-7-9-18-17(11-15)16-8-10-19-21(28-14-27-19)20(16)22(25)24(18)13-26-4/h7-11H,12-14H2,1-6H3. The van der Waals surface area contributed by atoms with Gasteiger partial charge in [-0.1, -0.05) is 26.8 Å². The highest BCUT2D eigenvalue weighted by Crippen LogP contribution is 2.40. The Bertz CT molecular complexity index is 1180. The van der Waals surface area contributed by atoms with Crippen LogP contribution in [0.3, 0.4) is 0 Å². The Morgan fingerprint density at radius 1 is 1.10 bits per heavy atom. The Balaban J connectivity index is 1.88. The van der Waals surface area contributed by atoms with Gasteiger partial charge in [-0.15, -0.1) is 0 Å². The summed E-state index contributed by atoms with van der Waals surface area (Å²) in [5.74, 6) is 1.10. The summed E-state index contributed by atoms with van der Waals surface area (Å²) in [4.78, 5) is 13.3. The second-order valence-corrected chi connectivity index (χ2v) is 14.1. The van der Waals surface area contributed by atoms with Gasteiger partial charge in [0.15, 0.2) is 19.8 Å². The number of pyridine rings is 1. The van der Waals surface area contributed by atoms with E-state index in [1.807, 2.05) is 24.3 Å². The lowest BCUT2D eigenvalue weighted by Gasteiger charge is -2.36. The van der Waals surface area contributed by atoms with Crippen molar-refractivity contribution in [2.45, 2.75) is 52.2 Å². The predicted octanol–water partition coefficient (Wildman–Crippen LogP) is 5.01. The number of aromatic nitrogens is 1. The summed E-state index contributed by atoms with van der Waals surface area (Å²) >= 11 is 0. The van der Waals surface area contributed by atoms with Gasteiger partial charge in [0.05, 0.1) is 17.5 Å². The molecule has 160 valence electrons. The Hall–Kier alpha value is -2.35. The van der Waals surface area contributed by atoms with Crippen molar-refractivity contribution in [3.8, 4) is 11.5 Å². The molecule has 3 aromatic rings. The number of nitrogens with zero attached hydrogens (tertiary/aromatic N) is 1. The first kappa shape index (κ1) is 20.9. The smallest absolute Gasteiger partial charge is 0.264 e. The van der Waals surface area contributed by atoms with Crippen LogP contribution in [0.15, 0.2) is 35.1 Å². The Kier molecular flexibility index (Phi) is 5.16. The van der Waals surface area contributed by atoms with Crippen molar-refractivity contribution in [1.29, 1.82) is 0 Å². The Morgan fingerprint density at radius 2 is 1.87 bits per heavy atom. The van der Waals surface area contributed by atoms with Gasteiger partial charge in [-0.2, -0.15) is 0 Å². The van der Waals surface area contributed by atoms with E-state index in [2.05, 4.69) is 39.9 Å². The molecule has 0 saturated heterocycles. The van der Waals surface area contributed by atoms with Crippen molar-refractivity contribution >= 4 is 30.0 Å². The van der Waals surface area contributed by atoms with Crippen molar-refractivity contribution in [2.24, 2.45) is 0 Å². The third kappa shape index (κ3) is 3.40. The van der Waals surface area contributed by atoms with Crippen LogP contribution in [0, 0.1) is 0 Å². The molecule has 0 fully saturated rings. The van der Waals surface area contributed by atoms with Crippen molar-refractivity contribution in [3.05, 3.63) is 46.2 Å². The minimum atomic E-state index is -1.87. The molecule has 6 nitrogen and oxygen atoms in total. The summed E-state index contributed by atoms with van der Waals surface area (Å²) in [6, 6.07) is 9.91. The molecule has 0 spiro atoms. The van der Waals surface area contributed by atoms with Gasteiger partial charge in [-0.25, -0.2) is 0 Å². The molecule has 0 saturated carbocycles. The summed E-state index contributed by atoms with van der Waals surface area (Å²) in [6.07, 6.45) is 0. The minimum Gasteiger partial charge on any atom is -0.454 e. The number of ether oxygens (including phenoxy) is 3. The average Bonchev–Trinajstić information content (AvgIpc) is 3.17. The van der Waals surface area contributed by atoms with Gasteiger partial charge in [0.25, 0.3) is 5.56 Å². The second kappa shape index (κ2) is 7.41. The zero-order valence-electron chi connectivity index (χ0n) is 18.5. The van der Waals surface area contributed by atoms with Gasteiger partial charge in [0, 0.05) is 17.9 Å². The van der Waals surface area contributed by atoms with Crippen molar-refractivity contribution < 1.29 is 18.6 Å². The number of hydrogen-bond donors (Lipinski definition) is 0. The zero-order chi connectivity index (χ0) is 21.7. The molecule has 0 amide bonds. The van der Waals surface area contributed by atoms with Crippen LogP contribution < -0.4 is 15.0 Å². The molecule has 30 heavy (non-hydrogen) atoms. The highest BCUT2D eigenvalue weighted by Gasteiger charge is 2.37. The molecular formula is C23H29NO5Si. The van der Waals surface area contributed by atoms with Crippen molar-refractivity contribution in [2.75, 3.05) is 13.9 Å². The number of fused-ring (bicyclic) bond motifs is 5. The molecule has 4 rings (SSSR count). The summed E-state index contributed by atoms with van der Waals surface area (Å²) in [5, 5.41) is 2.49. The monoisotopic (exact) mass is 427 g/mol. The lowest BCUT2D eigenvalue weighted by molar-refractivity contribution is 0.132. The van der Waals surface area contributed by atoms with E-state index < -0.39 is 8.32 Å². The molecule has 1 aliphatic rings.